The van der Waals surface area contributed by atoms with Crippen LogP contribution in [0.4, 0.5) is 5.69 Å². The predicted molar refractivity (Wildman–Crippen MR) is 130 cm³/mol. The van der Waals surface area contributed by atoms with Crippen molar-refractivity contribution in [3.05, 3.63) is 74.3 Å². The minimum absolute atomic E-state index is 0.0265. The van der Waals surface area contributed by atoms with Crippen molar-refractivity contribution in [2.45, 2.75) is 38.1 Å². The fourth-order valence-electron chi connectivity index (χ4n) is 4.89. The van der Waals surface area contributed by atoms with Crippen LogP contribution in [0, 0.1) is 10.1 Å². The van der Waals surface area contributed by atoms with Gasteiger partial charge in [0, 0.05) is 12.1 Å². The largest absolute Gasteiger partial charge is 0.295 e. The van der Waals surface area contributed by atoms with Gasteiger partial charge >= 0.3 is 0 Å². The predicted octanol–water partition coefficient (Wildman–Crippen LogP) is 5.35. The highest BCUT2D eigenvalue weighted by Gasteiger charge is 2.25. The normalized spacial score (nSPS) is 14.9. The Morgan fingerprint density at radius 3 is 2.47 bits per heavy atom. The van der Waals surface area contributed by atoms with Crippen LogP contribution in [0.1, 0.15) is 38.1 Å². The van der Waals surface area contributed by atoms with E-state index in [1.165, 1.54) is 18.6 Å². The van der Waals surface area contributed by atoms with Crippen LogP contribution in [-0.4, -0.2) is 29.0 Å². The number of rotatable bonds is 3. The maximum atomic E-state index is 13.8. The monoisotopic (exact) mass is 474 g/mol. The molecule has 1 fully saturated rings. The third-order valence-corrected chi connectivity index (χ3v) is 6.86. The second kappa shape index (κ2) is 7.88. The van der Waals surface area contributed by atoms with Crippen molar-refractivity contribution in [2.24, 2.45) is 0 Å². The van der Waals surface area contributed by atoms with E-state index in [4.69, 9.17) is 21.6 Å². The molecule has 0 saturated heterocycles. The average molecular weight is 475 g/mol. The fraction of sp³-hybridized carbons (Fsp3) is 0.250. The molecule has 0 amide bonds. The number of para-hydroxylation sites is 2. The van der Waals surface area contributed by atoms with Crippen molar-refractivity contribution in [2.75, 3.05) is 0 Å². The summed E-state index contributed by atoms with van der Waals surface area (Å²) in [5.74, 6) is 0. The lowest BCUT2D eigenvalue weighted by Gasteiger charge is -2.23. The summed E-state index contributed by atoms with van der Waals surface area (Å²) in [7, 11) is 0. The Balaban J connectivity index is 1.72. The van der Waals surface area contributed by atoms with Crippen LogP contribution < -0.4 is 5.56 Å². The van der Waals surface area contributed by atoms with E-state index >= 15 is 0 Å². The van der Waals surface area contributed by atoms with Gasteiger partial charge in [0.05, 0.1) is 21.6 Å². The van der Waals surface area contributed by atoms with Gasteiger partial charge < -0.3 is 0 Å². The van der Waals surface area contributed by atoms with Gasteiger partial charge in [-0.2, -0.15) is 0 Å². The van der Waals surface area contributed by atoms with E-state index in [1.54, 1.807) is 21.5 Å². The Morgan fingerprint density at radius 1 is 1.00 bits per heavy atom. The molecule has 3 heterocycles. The molecule has 0 aliphatic heterocycles. The molecule has 0 bridgehead atoms. The molecule has 1 saturated carbocycles. The number of nitrogens with zero attached hydrogens (tertiary/aromatic N) is 6. The van der Waals surface area contributed by atoms with Crippen LogP contribution in [0.2, 0.25) is 5.02 Å². The Labute approximate surface area is 197 Å². The van der Waals surface area contributed by atoms with Crippen molar-refractivity contribution in [3.63, 3.8) is 0 Å². The minimum atomic E-state index is -0.537. The summed E-state index contributed by atoms with van der Waals surface area (Å²) in [5, 5.41) is 11.9. The topological polar surface area (TPSA) is 109 Å². The molecule has 1 aliphatic rings. The van der Waals surface area contributed by atoms with E-state index in [1.807, 2.05) is 24.3 Å². The maximum Gasteiger partial charge on any atom is 0.289 e. The molecule has 170 valence electrons. The highest BCUT2D eigenvalue weighted by Crippen LogP contribution is 2.33. The zero-order valence-corrected chi connectivity index (χ0v) is 18.8. The molecule has 0 unspecified atom stereocenters. The highest BCUT2D eigenvalue weighted by molar-refractivity contribution is 6.32. The molecule has 6 rings (SSSR count). The number of aromatic nitrogens is 5. The molecule has 5 aromatic rings. The summed E-state index contributed by atoms with van der Waals surface area (Å²) in [4.78, 5) is 39.0. The second-order valence-corrected chi connectivity index (χ2v) is 8.97. The van der Waals surface area contributed by atoms with Crippen molar-refractivity contribution in [1.29, 1.82) is 0 Å². The number of benzene rings is 2. The SMILES string of the molecule is O=c1c2c3nc4ccccc4nc3n(-c3ccc(Cl)c([N+](=O)[O-])c3)c2ncn1C1CCCCC1. The molecule has 0 radical (unpaired) electrons. The summed E-state index contributed by atoms with van der Waals surface area (Å²) >= 11 is 6.05. The van der Waals surface area contributed by atoms with Gasteiger partial charge in [0.25, 0.3) is 11.2 Å². The van der Waals surface area contributed by atoms with Crippen LogP contribution in [0.3, 0.4) is 0 Å². The maximum absolute atomic E-state index is 13.8. The summed E-state index contributed by atoms with van der Waals surface area (Å²) in [6.07, 6.45) is 6.78. The van der Waals surface area contributed by atoms with E-state index in [-0.39, 0.29) is 22.3 Å². The van der Waals surface area contributed by atoms with Gasteiger partial charge in [-0.3, -0.25) is 24.0 Å². The van der Waals surface area contributed by atoms with Crippen molar-refractivity contribution in [1.82, 2.24) is 24.1 Å². The lowest BCUT2D eigenvalue weighted by Crippen LogP contribution is -2.26. The van der Waals surface area contributed by atoms with Crippen LogP contribution in [0.15, 0.2) is 53.6 Å². The molecule has 9 nitrogen and oxygen atoms in total. The standard InChI is InChI=1S/C24H19ClN6O3/c25-16-11-10-15(12-19(16)31(33)34)30-22-20(21-23(30)28-18-9-5-4-8-17(18)27-21)24(32)29(13-26-22)14-6-2-1-3-7-14/h4-5,8-14H,1-3,6-7H2. The quantitative estimate of drug-likeness (QED) is 0.257. The number of hydrogen-bond acceptors (Lipinski definition) is 6. The molecule has 0 N–H and O–H groups in total. The van der Waals surface area contributed by atoms with Crippen LogP contribution in [0.5, 0.6) is 0 Å². The summed E-state index contributed by atoms with van der Waals surface area (Å²) in [6, 6.07) is 12.0. The van der Waals surface area contributed by atoms with Gasteiger partial charge in [-0.1, -0.05) is 43.0 Å². The first kappa shape index (κ1) is 20.7. The van der Waals surface area contributed by atoms with Crippen molar-refractivity contribution < 1.29 is 4.92 Å². The number of nitro groups is 1. The lowest BCUT2D eigenvalue weighted by molar-refractivity contribution is -0.384. The van der Waals surface area contributed by atoms with E-state index < -0.39 is 4.92 Å². The fourth-order valence-corrected chi connectivity index (χ4v) is 5.08. The molecule has 2 aromatic carbocycles. The molecule has 3 aromatic heterocycles. The Morgan fingerprint density at radius 2 is 1.74 bits per heavy atom. The van der Waals surface area contributed by atoms with Crippen molar-refractivity contribution in [3.8, 4) is 5.69 Å². The highest BCUT2D eigenvalue weighted by atomic mass is 35.5. The number of halogens is 1. The summed E-state index contributed by atoms with van der Waals surface area (Å²) in [6.45, 7) is 0. The molecule has 34 heavy (non-hydrogen) atoms. The minimum Gasteiger partial charge on any atom is -0.295 e. The molecule has 0 atom stereocenters. The van der Waals surface area contributed by atoms with E-state index in [9.17, 15) is 14.9 Å². The second-order valence-electron chi connectivity index (χ2n) is 8.56. The lowest BCUT2D eigenvalue weighted by atomic mass is 9.95. The Kier molecular flexibility index (Phi) is 4.80. The zero-order valence-electron chi connectivity index (χ0n) is 18.0. The summed E-state index contributed by atoms with van der Waals surface area (Å²) in [5.41, 5.74) is 2.53. The number of fused-ring (bicyclic) bond motifs is 4. The van der Waals surface area contributed by atoms with Crippen molar-refractivity contribution >= 4 is 50.5 Å². The van der Waals surface area contributed by atoms with Crippen LogP contribution in [0.25, 0.3) is 38.9 Å². The third-order valence-electron chi connectivity index (χ3n) is 6.54. The number of nitro benzene ring substituents is 1. The van der Waals surface area contributed by atoms with Crippen LogP contribution in [-0.2, 0) is 0 Å². The molecule has 10 heteroatoms. The molecule has 0 spiro atoms. The smallest absolute Gasteiger partial charge is 0.289 e. The van der Waals surface area contributed by atoms with E-state index in [0.29, 0.717) is 38.9 Å². The van der Waals surface area contributed by atoms with Gasteiger partial charge in [-0.25, -0.2) is 15.0 Å². The Hall–Kier alpha value is -3.85. The molecule has 1 aliphatic carbocycles. The first-order valence-electron chi connectivity index (χ1n) is 11.2. The average Bonchev–Trinajstić information content (AvgIpc) is 3.17. The summed E-state index contributed by atoms with van der Waals surface area (Å²) < 4.78 is 3.37. The van der Waals surface area contributed by atoms with E-state index in [0.717, 1.165) is 25.7 Å². The van der Waals surface area contributed by atoms with Gasteiger partial charge in [-0.15, -0.1) is 0 Å². The zero-order chi connectivity index (χ0) is 23.4. The number of hydrogen-bond donors (Lipinski definition) is 0. The Bertz CT molecular complexity index is 1670. The third kappa shape index (κ3) is 3.15. The van der Waals surface area contributed by atoms with Gasteiger partial charge in [0.2, 0.25) is 0 Å². The first-order chi connectivity index (χ1) is 16.5. The first-order valence-corrected chi connectivity index (χ1v) is 11.5. The molecular formula is C24H19ClN6O3. The van der Waals surface area contributed by atoms with Gasteiger partial charge in [0.15, 0.2) is 11.3 Å². The van der Waals surface area contributed by atoms with E-state index in [2.05, 4.69) is 4.98 Å². The van der Waals surface area contributed by atoms with Gasteiger partial charge in [-0.05, 0) is 37.1 Å². The molecular weight excluding hydrogens is 456 g/mol. The van der Waals surface area contributed by atoms with Crippen LogP contribution >= 0.6 is 11.6 Å². The van der Waals surface area contributed by atoms with Gasteiger partial charge in [0.1, 0.15) is 22.3 Å².